The monoisotopic (exact) mass is 366 g/mol. The third kappa shape index (κ3) is 5.22. The molecule has 0 bridgehead atoms. The number of esters is 1. The Bertz CT molecular complexity index is 789. The predicted molar refractivity (Wildman–Crippen MR) is 115 cm³/mol. The maximum atomic E-state index is 11.5. The minimum absolute atomic E-state index is 0.218. The van der Waals surface area contributed by atoms with Crippen LogP contribution >= 0.6 is 0 Å². The lowest BCUT2D eigenvalue weighted by Crippen LogP contribution is -2.33. The first-order chi connectivity index (χ1) is 12.6. The van der Waals surface area contributed by atoms with E-state index in [2.05, 4.69) is 58.9 Å². The third-order valence-electron chi connectivity index (χ3n) is 5.65. The standard InChI is InChI=1S/C25H34O2/c1-8-27-23(26)16-18(2)10-9-11-19(3)20-12-13-21-22(17-20)25(6,7)15-14-24(21,4)5/h9-13,16-17H,8,14-15H2,1-7H3/b10-9+,18-16+,19-11+. The van der Waals surface area contributed by atoms with Crippen LogP contribution in [0.15, 0.2) is 48.1 Å². The molecule has 146 valence electrons. The normalized spacial score (nSPS) is 19.1. The summed E-state index contributed by atoms with van der Waals surface area (Å²) in [7, 11) is 0. The molecule has 0 fully saturated rings. The van der Waals surface area contributed by atoms with Crippen molar-refractivity contribution in [1.82, 2.24) is 0 Å². The summed E-state index contributed by atoms with van der Waals surface area (Å²) in [5, 5.41) is 0. The lowest BCUT2D eigenvalue weighted by atomic mass is 9.63. The number of fused-ring (bicyclic) bond motifs is 1. The smallest absolute Gasteiger partial charge is 0.330 e. The van der Waals surface area contributed by atoms with Crippen LogP contribution in [0.5, 0.6) is 0 Å². The highest BCUT2D eigenvalue weighted by molar-refractivity contribution is 5.83. The van der Waals surface area contributed by atoms with Crippen molar-refractivity contribution >= 4 is 11.5 Å². The summed E-state index contributed by atoms with van der Waals surface area (Å²) in [5.41, 5.74) is 6.79. The Balaban J connectivity index is 2.25. The lowest BCUT2D eigenvalue weighted by molar-refractivity contribution is -0.137. The molecule has 0 aromatic heterocycles. The highest BCUT2D eigenvalue weighted by Crippen LogP contribution is 2.46. The van der Waals surface area contributed by atoms with Crippen LogP contribution in [0, 0.1) is 0 Å². The number of carbonyl (C=O) groups is 1. The van der Waals surface area contributed by atoms with Crippen LogP contribution in [0.3, 0.4) is 0 Å². The fourth-order valence-corrected chi connectivity index (χ4v) is 3.69. The fourth-order valence-electron chi connectivity index (χ4n) is 3.69. The molecule has 1 aliphatic carbocycles. The zero-order valence-electron chi connectivity index (χ0n) is 18.0. The van der Waals surface area contributed by atoms with E-state index in [4.69, 9.17) is 4.74 Å². The Labute approximate surface area is 165 Å². The SMILES string of the molecule is CCOC(=O)/C=C(C)/C=C/C=C(\C)c1ccc2c(c1)C(C)(C)CCC2(C)C. The van der Waals surface area contributed by atoms with Crippen LogP contribution in [0.4, 0.5) is 0 Å². The molecular weight excluding hydrogens is 332 g/mol. The van der Waals surface area contributed by atoms with Gasteiger partial charge in [-0.2, -0.15) is 0 Å². The quantitative estimate of drug-likeness (QED) is 0.337. The van der Waals surface area contributed by atoms with Gasteiger partial charge in [0.25, 0.3) is 0 Å². The van der Waals surface area contributed by atoms with Crippen LogP contribution in [0.25, 0.3) is 5.57 Å². The van der Waals surface area contributed by atoms with Gasteiger partial charge in [-0.25, -0.2) is 4.79 Å². The number of carbonyl (C=O) groups excluding carboxylic acids is 1. The Morgan fingerprint density at radius 3 is 2.33 bits per heavy atom. The molecule has 0 saturated carbocycles. The second kappa shape index (κ2) is 8.29. The number of benzene rings is 1. The molecule has 27 heavy (non-hydrogen) atoms. The van der Waals surface area contributed by atoms with Crippen LogP contribution < -0.4 is 0 Å². The van der Waals surface area contributed by atoms with Crippen molar-refractivity contribution in [3.05, 3.63) is 64.8 Å². The van der Waals surface area contributed by atoms with Crippen LogP contribution in [-0.4, -0.2) is 12.6 Å². The predicted octanol–water partition coefficient (Wildman–Crippen LogP) is 6.50. The second-order valence-electron chi connectivity index (χ2n) is 8.88. The molecule has 2 nitrogen and oxygen atoms in total. The van der Waals surface area contributed by atoms with Crippen LogP contribution in [0.1, 0.15) is 78.0 Å². The summed E-state index contributed by atoms with van der Waals surface area (Å²) in [6, 6.07) is 6.93. The fraction of sp³-hybridized carbons (Fsp3) is 0.480. The van der Waals surface area contributed by atoms with Gasteiger partial charge in [0.05, 0.1) is 6.61 Å². The van der Waals surface area contributed by atoms with E-state index >= 15 is 0 Å². The highest BCUT2D eigenvalue weighted by Gasteiger charge is 2.36. The maximum absolute atomic E-state index is 11.5. The van der Waals surface area contributed by atoms with Crippen molar-refractivity contribution in [3.63, 3.8) is 0 Å². The van der Waals surface area contributed by atoms with Crippen LogP contribution in [0.2, 0.25) is 0 Å². The van der Waals surface area contributed by atoms with E-state index in [-0.39, 0.29) is 16.8 Å². The number of allylic oxidation sites excluding steroid dienone is 5. The van der Waals surface area contributed by atoms with Crippen molar-refractivity contribution in [2.45, 2.75) is 72.1 Å². The summed E-state index contributed by atoms with van der Waals surface area (Å²) >= 11 is 0. The summed E-state index contributed by atoms with van der Waals surface area (Å²) in [5.74, 6) is -0.292. The van der Waals surface area contributed by atoms with Gasteiger partial charge in [-0.3, -0.25) is 0 Å². The van der Waals surface area contributed by atoms with E-state index in [0.717, 1.165) is 5.57 Å². The average Bonchev–Trinajstić information content (AvgIpc) is 2.59. The van der Waals surface area contributed by atoms with Crippen molar-refractivity contribution < 1.29 is 9.53 Å². The lowest BCUT2D eigenvalue weighted by Gasteiger charge is -2.42. The van der Waals surface area contributed by atoms with E-state index in [9.17, 15) is 4.79 Å². The molecule has 0 atom stereocenters. The van der Waals surface area contributed by atoms with Crippen molar-refractivity contribution in [3.8, 4) is 0 Å². The Morgan fingerprint density at radius 1 is 1.07 bits per heavy atom. The van der Waals surface area contributed by atoms with E-state index in [1.807, 2.05) is 26.0 Å². The first-order valence-electron chi connectivity index (χ1n) is 9.92. The summed E-state index contributed by atoms with van der Waals surface area (Å²) in [4.78, 5) is 11.5. The molecular formula is C25H34O2. The molecule has 1 aromatic carbocycles. The summed E-state index contributed by atoms with van der Waals surface area (Å²) in [6.45, 7) is 15.7. The molecule has 0 radical (unpaired) electrons. The van der Waals surface area contributed by atoms with Crippen molar-refractivity contribution in [2.75, 3.05) is 6.61 Å². The van der Waals surface area contributed by atoms with Gasteiger partial charge in [0.2, 0.25) is 0 Å². The van der Waals surface area contributed by atoms with Gasteiger partial charge < -0.3 is 4.74 Å². The van der Waals surface area contributed by atoms with Gasteiger partial charge in [0, 0.05) is 6.08 Å². The third-order valence-corrected chi connectivity index (χ3v) is 5.65. The molecule has 0 amide bonds. The summed E-state index contributed by atoms with van der Waals surface area (Å²) in [6.07, 6.45) is 10.0. The zero-order valence-corrected chi connectivity index (χ0v) is 18.0. The Kier molecular flexibility index (Phi) is 6.51. The molecule has 1 aromatic rings. The van der Waals surface area contributed by atoms with E-state index in [1.54, 1.807) is 0 Å². The minimum atomic E-state index is -0.292. The Morgan fingerprint density at radius 2 is 1.70 bits per heavy atom. The molecule has 0 N–H and O–H groups in total. The highest BCUT2D eigenvalue weighted by atomic mass is 16.5. The number of rotatable bonds is 5. The van der Waals surface area contributed by atoms with Gasteiger partial charge in [-0.1, -0.05) is 64.1 Å². The van der Waals surface area contributed by atoms with Crippen molar-refractivity contribution in [2.24, 2.45) is 0 Å². The zero-order chi connectivity index (χ0) is 20.2. The molecule has 0 unspecified atom stereocenters. The van der Waals surface area contributed by atoms with Gasteiger partial charge in [0.15, 0.2) is 0 Å². The molecule has 0 heterocycles. The van der Waals surface area contributed by atoms with Crippen molar-refractivity contribution in [1.29, 1.82) is 0 Å². The van der Waals surface area contributed by atoms with E-state index < -0.39 is 0 Å². The molecule has 0 aliphatic heterocycles. The second-order valence-corrected chi connectivity index (χ2v) is 8.88. The first kappa shape index (κ1) is 21.2. The topological polar surface area (TPSA) is 26.3 Å². The molecule has 2 heteroatoms. The minimum Gasteiger partial charge on any atom is -0.463 e. The van der Waals surface area contributed by atoms with E-state index in [0.29, 0.717) is 6.61 Å². The molecule has 1 aliphatic rings. The van der Waals surface area contributed by atoms with Gasteiger partial charge >= 0.3 is 5.97 Å². The molecule has 2 rings (SSSR count). The van der Waals surface area contributed by atoms with E-state index in [1.165, 1.54) is 41.2 Å². The van der Waals surface area contributed by atoms with Gasteiger partial charge in [0.1, 0.15) is 0 Å². The number of ether oxygens (including phenoxy) is 1. The largest absolute Gasteiger partial charge is 0.463 e. The maximum Gasteiger partial charge on any atom is 0.330 e. The average molecular weight is 367 g/mol. The van der Waals surface area contributed by atoms with Gasteiger partial charge in [-0.05, 0) is 72.3 Å². The summed E-state index contributed by atoms with van der Waals surface area (Å²) < 4.78 is 4.93. The first-order valence-corrected chi connectivity index (χ1v) is 9.92. The molecule has 0 saturated heterocycles. The van der Waals surface area contributed by atoms with Crippen LogP contribution in [-0.2, 0) is 20.4 Å². The number of hydrogen-bond donors (Lipinski definition) is 0. The Hall–Kier alpha value is -2.09. The molecule has 0 spiro atoms. The van der Waals surface area contributed by atoms with Gasteiger partial charge in [-0.15, -0.1) is 0 Å². The number of hydrogen-bond acceptors (Lipinski definition) is 2.